The van der Waals surface area contributed by atoms with Crippen molar-refractivity contribution in [2.24, 2.45) is 5.10 Å². The van der Waals surface area contributed by atoms with Crippen molar-refractivity contribution in [2.45, 2.75) is 20.3 Å². The Morgan fingerprint density at radius 2 is 1.75 bits per heavy atom. The van der Waals surface area contributed by atoms with E-state index in [1.54, 1.807) is 36.4 Å². The van der Waals surface area contributed by atoms with Gasteiger partial charge in [0.1, 0.15) is 12.3 Å². The van der Waals surface area contributed by atoms with Crippen LogP contribution in [-0.2, 0) is 21.2 Å². The third-order valence-electron chi connectivity index (χ3n) is 3.91. The predicted octanol–water partition coefficient (Wildman–Crippen LogP) is 2.56. The molecule has 0 aliphatic heterocycles. The molecule has 0 aliphatic carbocycles. The standard InChI is InChI=1S/C20H25N3O4S/c1-4-16-6-10-18(11-7-16)23(28(3,25)26)15-20(24)22-21-14-17-8-12-19(13-9-17)27-5-2/h6-14H,4-5,15H2,1-3H3,(H,22,24)/b21-14-. The van der Waals surface area contributed by atoms with Crippen LogP contribution >= 0.6 is 0 Å². The smallest absolute Gasteiger partial charge is 0.260 e. The molecule has 1 N–H and O–H groups in total. The van der Waals surface area contributed by atoms with Crippen molar-refractivity contribution in [3.63, 3.8) is 0 Å². The molecule has 0 aromatic heterocycles. The first-order valence-corrected chi connectivity index (χ1v) is 10.8. The second kappa shape index (κ2) is 9.89. The van der Waals surface area contributed by atoms with E-state index in [2.05, 4.69) is 10.5 Å². The zero-order chi connectivity index (χ0) is 20.6. The minimum absolute atomic E-state index is 0.356. The number of hydrogen-bond acceptors (Lipinski definition) is 5. The van der Waals surface area contributed by atoms with Crippen molar-refractivity contribution >= 4 is 27.8 Å². The number of nitrogens with one attached hydrogen (secondary N) is 1. The first-order chi connectivity index (χ1) is 13.3. The summed E-state index contributed by atoms with van der Waals surface area (Å²) in [6.07, 6.45) is 3.39. The number of benzene rings is 2. The Labute approximate surface area is 166 Å². The molecule has 2 aromatic rings. The SMILES string of the molecule is CCOc1ccc(/C=N\NC(=O)CN(c2ccc(CC)cc2)S(C)(=O)=O)cc1. The molecular weight excluding hydrogens is 378 g/mol. The zero-order valence-corrected chi connectivity index (χ0v) is 17.1. The molecule has 0 unspecified atom stereocenters. The Balaban J connectivity index is 2.01. The summed E-state index contributed by atoms with van der Waals surface area (Å²) >= 11 is 0. The fourth-order valence-electron chi connectivity index (χ4n) is 2.46. The van der Waals surface area contributed by atoms with Crippen molar-refractivity contribution in [2.75, 3.05) is 23.7 Å². The average Bonchev–Trinajstić information content (AvgIpc) is 2.67. The van der Waals surface area contributed by atoms with Gasteiger partial charge in [0.2, 0.25) is 10.0 Å². The van der Waals surface area contributed by atoms with Crippen molar-refractivity contribution < 1.29 is 17.9 Å². The number of rotatable bonds is 9. The van der Waals surface area contributed by atoms with E-state index < -0.39 is 15.9 Å². The second-order valence-electron chi connectivity index (χ2n) is 6.08. The molecular formula is C20H25N3O4S. The van der Waals surface area contributed by atoms with Crippen molar-refractivity contribution in [3.8, 4) is 5.75 Å². The molecule has 8 heteroatoms. The maximum absolute atomic E-state index is 12.2. The molecule has 7 nitrogen and oxygen atoms in total. The van der Waals surface area contributed by atoms with Gasteiger partial charge in [0.25, 0.3) is 5.91 Å². The highest BCUT2D eigenvalue weighted by molar-refractivity contribution is 7.92. The monoisotopic (exact) mass is 403 g/mol. The Kier molecular flexibility index (Phi) is 7.57. The lowest BCUT2D eigenvalue weighted by atomic mass is 10.1. The molecule has 0 heterocycles. The molecule has 0 radical (unpaired) electrons. The van der Waals surface area contributed by atoms with Crippen LogP contribution in [0.3, 0.4) is 0 Å². The van der Waals surface area contributed by atoms with Gasteiger partial charge in [0.15, 0.2) is 0 Å². The Morgan fingerprint density at radius 1 is 1.11 bits per heavy atom. The summed E-state index contributed by atoms with van der Waals surface area (Å²) in [4.78, 5) is 12.2. The molecule has 150 valence electrons. The van der Waals surface area contributed by atoms with Gasteiger partial charge >= 0.3 is 0 Å². The number of hydrogen-bond donors (Lipinski definition) is 1. The first-order valence-electron chi connectivity index (χ1n) is 8.95. The summed E-state index contributed by atoms with van der Waals surface area (Å²) in [5.74, 6) is 0.216. The summed E-state index contributed by atoms with van der Waals surface area (Å²) in [6, 6.07) is 14.3. The molecule has 0 atom stereocenters. The molecule has 28 heavy (non-hydrogen) atoms. The number of carbonyl (C=O) groups is 1. The molecule has 1 amide bonds. The number of amides is 1. The van der Waals surface area contributed by atoms with Gasteiger partial charge in [0, 0.05) is 0 Å². The normalized spacial score (nSPS) is 11.4. The molecule has 0 bridgehead atoms. The minimum Gasteiger partial charge on any atom is -0.494 e. The van der Waals surface area contributed by atoms with E-state index in [0.717, 1.165) is 33.9 Å². The van der Waals surface area contributed by atoms with Gasteiger partial charge in [-0.3, -0.25) is 9.10 Å². The van der Waals surface area contributed by atoms with E-state index in [1.807, 2.05) is 26.0 Å². The fourth-order valence-corrected chi connectivity index (χ4v) is 3.32. The van der Waals surface area contributed by atoms with E-state index in [0.29, 0.717) is 12.3 Å². The van der Waals surface area contributed by atoms with E-state index in [-0.39, 0.29) is 6.54 Å². The van der Waals surface area contributed by atoms with Crippen molar-refractivity contribution in [3.05, 3.63) is 59.7 Å². The highest BCUT2D eigenvalue weighted by Crippen LogP contribution is 2.18. The van der Waals surface area contributed by atoms with Crippen LogP contribution in [0, 0.1) is 0 Å². The maximum atomic E-state index is 12.2. The largest absolute Gasteiger partial charge is 0.494 e. The minimum atomic E-state index is -3.61. The van der Waals surface area contributed by atoms with Crippen molar-refractivity contribution in [1.82, 2.24) is 5.43 Å². The number of carbonyl (C=O) groups excluding carboxylic acids is 1. The first kappa shape index (κ1) is 21.4. The fraction of sp³-hybridized carbons (Fsp3) is 0.300. The van der Waals surface area contributed by atoms with Crippen molar-refractivity contribution in [1.29, 1.82) is 0 Å². The number of nitrogens with zero attached hydrogens (tertiary/aromatic N) is 2. The number of hydrazone groups is 1. The van der Waals surface area contributed by atoms with Crippen LogP contribution in [0.5, 0.6) is 5.75 Å². The van der Waals surface area contributed by atoms with Gasteiger partial charge in [-0.15, -0.1) is 0 Å². The lowest BCUT2D eigenvalue weighted by Gasteiger charge is -2.21. The van der Waals surface area contributed by atoms with Gasteiger partial charge in [0.05, 0.1) is 24.8 Å². The summed E-state index contributed by atoms with van der Waals surface area (Å²) in [6.45, 7) is 4.15. The molecule has 0 spiro atoms. The van der Waals surface area contributed by atoms with Gasteiger partial charge in [-0.05, 0) is 60.9 Å². The molecule has 0 saturated carbocycles. The van der Waals surface area contributed by atoms with Crippen LogP contribution in [0.15, 0.2) is 53.6 Å². The van der Waals surface area contributed by atoms with Crippen LogP contribution in [0.1, 0.15) is 25.0 Å². The van der Waals surface area contributed by atoms with Gasteiger partial charge in [-0.2, -0.15) is 5.10 Å². The highest BCUT2D eigenvalue weighted by Gasteiger charge is 2.20. The number of anilines is 1. The Morgan fingerprint density at radius 3 is 2.29 bits per heavy atom. The average molecular weight is 404 g/mol. The summed E-state index contributed by atoms with van der Waals surface area (Å²) in [5.41, 5.74) is 4.66. The molecule has 2 rings (SSSR count). The molecule has 2 aromatic carbocycles. The number of aryl methyl sites for hydroxylation is 1. The van der Waals surface area contributed by atoms with Crippen LogP contribution in [0.2, 0.25) is 0 Å². The Hall–Kier alpha value is -2.87. The summed E-state index contributed by atoms with van der Waals surface area (Å²) in [7, 11) is -3.61. The summed E-state index contributed by atoms with van der Waals surface area (Å²) in [5, 5.41) is 3.89. The second-order valence-corrected chi connectivity index (χ2v) is 7.99. The summed E-state index contributed by atoms with van der Waals surface area (Å²) < 4.78 is 30.6. The van der Waals surface area contributed by atoms with E-state index in [4.69, 9.17) is 4.74 Å². The van der Waals surface area contributed by atoms with Crippen LogP contribution in [0.4, 0.5) is 5.69 Å². The van der Waals surface area contributed by atoms with Crippen LogP contribution < -0.4 is 14.5 Å². The quantitative estimate of drug-likeness (QED) is 0.515. The Bertz CT molecular complexity index is 907. The predicted molar refractivity (Wildman–Crippen MR) is 111 cm³/mol. The number of ether oxygens (including phenoxy) is 1. The zero-order valence-electron chi connectivity index (χ0n) is 16.3. The molecule has 0 fully saturated rings. The highest BCUT2D eigenvalue weighted by atomic mass is 32.2. The lowest BCUT2D eigenvalue weighted by molar-refractivity contribution is -0.119. The van der Waals surface area contributed by atoms with Crippen LogP contribution in [-0.4, -0.2) is 39.9 Å². The van der Waals surface area contributed by atoms with Crippen LogP contribution in [0.25, 0.3) is 0 Å². The van der Waals surface area contributed by atoms with E-state index >= 15 is 0 Å². The van der Waals surface area contributed by atoms with Gasteiger partial charge in [-0.1, -0.05) is 19.1 Å². The third kappa shape index (κ3) is 6.38. The van der Waals surface area contributed by atoms with Gasteiger partial charge < -0.3 is 4.74 Å². The van der Waals surface area contributed by atoms with Gasteiger partial charge in [-0.25, -0.2) is 13.8 Å². The van der Waals surface area contributed by atoms with E-state index in [1.165, 1.54) is 6.21 Å². The molecule has 0 saturated heterocycles. The third-order valence-corrected chi connectivity index (χ3v) is 5.05. The number of sulfonamides is 1. The lowest BCUT2D eigenvalue weighted by Crippen LogP contribution is -2.39. The maximum Gasteiger partial charge on any atom is 0.260 e. The van der Waals surface area contributed by atoms with E-state index in [9.17, 15) is 13.2 Å². The topological polar surface area (TPSA) is 88.1 Å². The molecule has 0 aliphatic rings.